The van der Waals surface area contributed by atoms with E-state index in [9.17, 15) is 18.0 Å². The van der Waals surface area contributed by atoms with Crippen molar-refractivity contribution in [2.75, 3.05) is 38.1 Å². The molecule has 3 rings (SSSR count). The molecular weight excluding hydrogens is 406 g/mol. The molecule has 0 aliphatic carbocycles. The molecule has 1 N–H and O–H groups in total. The van der Waals surface area contributed by atoms with E-state index in [1.54, 1.807) is 53.4 Å². The quantitative estimate of drug-likeness (QED) is 0.753. The number of piperazine rings is 1. The van der Waals surface area contributed by atoms with Gasteiger partial charge in [-0.15, -0.1) is 0 Å². The number of sulfonamides is 1. The van der Waals surface area contributed by atoms with Crippen molar-refractivity contribution in [2.24, 2.45) is 0 Å². The number of ether oxygens (including phenoxy) is 1. The molecule has 0 bridgehead atoms. The Hall–Kier alpha value is -2.91. The van der Waals surface area contributed by atoms with Crippen LogP contribution >= 0.6 is 0 Å². The SMILES string of the molecule is CC(=O)Nc1ccc(OCC(=O)N2CCN(S(=O)(=O)c3ccc(C)cc3)CC2)cc1. The van der Waals surface area contributed by atoms with E-state index in [0.29, 0.717) is 24.5 Å². The highest BCUT2D eigenvalue weighted by molar-refractivity contribution is 7.89. The number of aryl methyl sites for hydroxylation is 1. The maximum atomic E-state index is 12.8. The van der Waals surface area contributed by atoms with Crippen LogP contribution in [0.25, 0.3) is 0 Å². The van der Waals surface area contributed by atoms with Crippen LogP contribution in [0.3, 0.4) is 0 Å². The van der Waals surface area contributed by atoms with Gasteiger partial charge in [-0.25, -0.2) is 8.42 Å². The average molecular weight is 432 g/mol. The molecule has 0 unspecified atom stereocenters. The summed E-state index contributed by atoms with van der Waals surface area (Å²) in [6.07, 6.45) is 0. The van der Waals surface area contributed by atoms with Gasteiger partial charge in [-0.1, -0.05) is 17.7 Å². The number of anilines is 1. The van der Waals surface area contributed by atoms with Gasteiger partial charge in [0.05, 0.1) is 4.90 Å². The first-order valence-electron chi connectivity index (χ1n) is 9.61. The number of amides is 2. The Morgan fingerprint density at radius 3 is 2.13 bits per heavy atom. The van der Waals surface area contributed by atoms with Crippen molar-refractivity contribution in [3.05, 3.63) is 54.1 Å². The Morgan fingerprint density at radius 1 is 0.967 bits per heavy atom. The van der Waals surface area contributed by atoms with Gasteiger partial charge in [-0.05, 0) is 43.3 Å². The number of rotatable bonds is 6. The van der Waals surface area contributed by atoms with Crippen LogP contribution < -0.4 is 10.1 Å². The number of hydrogen-bond acceptors (Lipinski definition) is 5. The maximum Gasteiger partial charge on any atom is 0.260 e. The van der Waals surface area contributed by atoms with Crippen molar-refractivity contribution < 1.29 is 22.7 Å². The fourth-order valence-electron chi connectivity index (χ4n) is 3.11. The van der Waals surface area contributed by atoms with Crippen molar-refractivity contribution in [3.63, 3.8) is 0 Å². The first-order chi connectivity index (χ1) is 14.3. The number of nitrogens with one attached hydrogen (secondary N) is 1. The van der Waals surface area contributed by atoms with Crippen molar-refractivity contribution in [2.45, 2.75) is 18.7 Å². The van der Waals surface area contributed by atoms with Crippen LogP contribution in [0.1, 0.15) is 12.5 Å². The van der Waals surface area contributed by atoms with Gasteiger partial charge >= 0.3 is 0 Å². The highest BCUT2D eigenvalue weighted by atomic mass is 32.2. The molecule has 160 valence electrons. The average Bonchev–Trinajstić information content (AvgIpc) is 2.73. The van der Waals surface area contributed by atoms with E-state index in [-0.39, 0.29) is 36.4 Å². The molecule has 1 aliphatic rings. The van der Waals surface area contributed by atoms with Crippen LogP contribution in [-0.2, 0) is 19.6 Å². The summed E-state index contributed by atoms with van der Waals surface area (Å²) in [5.74, 6) is 0.147. The van der Waals surface area contributed by atoms with Crippen LogP contribution in [0.5, 0.6) is 5.75 Å². The molecule has 1 aliphatic heterocycles. The summed E-state index contributed by atoms with van der Waals surface area (Å²) in [6, 6.07) is 13.5. The Bertz CT molecular complexity index is 996. The van der Waals surface area contributed by atoms with Crippen molar-refractivity contribution in [1.82, 2.24) is 9.21 Å². The summed E-state index contributed by atoms with van der Waals surface area (Å²) in [5, 5.41) is 2.66. The highest BCUT2D eigenvalue weighted by Crippen LogP contribution is 2.19. The minimum atomic E-state index is -3.56. The fraction of sp³-hybridized carbons (Fsp3) is 0.333. The fourth-order valence-corrected chi connectivity index (χ4v) is 4.53. The Balaban J connectivity index is 1.50. The largest absolute Gasteiger partial charge is 0.484 e. The van der Waals surface area contributed by atoms with E-state index in [2.05, 4.69) is 5.32 Å². The molecule has 0 spiro atoms. The van der Waals surface area contributed by atoms with E-state index in [0.717, 1.165) is 5.56 Å². The lowest BCUT2D eigenvalue weighted by molar-refractivity contribution is -0.134. The lowest BCUT2D eigenvalue weighted by Gasteiger charge is -2.34. The Kier molecular flexibility index (Phi) is 6.73. The Labute approximate surface area is 176 Å². The van der Waals surface area contributed by atoms with Gasteiger partial charge in [0.1, 0.15) is 5.75 Å². The van der Waals surface area contributed by atoms with Crippen LogP contribution in [0.4, 0.5) is 5.69 Å². The summed E-state index contributed by atoms with van der Waals surface area (Å²) >= 11 is 0. The smallest absolute Gasteiger partial charge is 0.260 e. The van der Waals surface area contributed by atoms with E-state index in [4.69, 9.17) is 4.74 Å². The van der Waals surface area contributed by atoms with E-state index in [1.165, 1.54) is 11.2 Å². The second-order valence-electron chi connectivity index (χ2n) is 7.09. The number of carbonyl (C=O) groups is 2. The lowest BCUT2D eigenvalue weighted by atomic mass is 10.2. The molecule has 2 aromatic carbocycles. The second kappa shape index (κ2) is 9.27. The van der Waals surface area contributed by atoms with Crippen LogP contribution in [0.15, 0.2) is 53.4 Å². The summed E-state index contributed by atoms with van der Waals surface area (Å²) < 4.78 is 32.4. The van der Waals surface area contributed by atoms with E-state index >= 15 is 0 Å². The molecule has 0 saturated carbocycles. The molecule has 1 fully saturated rings. The maximum absolute atomic E-state index is 12.8. The minimum absolute atomic E-state index is 0.135. The molecule has 0 aromatic heterocycles. The summed E-state index contributed by atoms with van der Waals surface area (Å²) in [6.45, 7) is 4.31. The van der Waals surface area contributed by atoms with Crippen LogP contribution in [-0.4, -0.2) is 62.2 Å². The first kappa shape index (κ1) is 21.8. The third-order valence-electron chi connectivity index (χ3n) is 4.79. The Morgan fingerprint density at radius 2 is 1.57 bits per heavy atom. The number of benzene rings is 2. The zero-order chi connectivity index (χ0) is 21.7. The first-order valence-corrected chi connectivity index (χ1v) is 11.0. The molecule has 0 atom stereocenters. The van der Waals surface area contributed by atoms with Gasteiger partial charge in [0.2, 0.25) is 15.9 Å². The molecule has 2 aromatic rings. The monoisotopic (exact) mass is 431 g/mol. The van der Waals surface area contributed by atoms with Gasteiger partial charge in [-0.3, -0.25) is 9.59 Å². The van der Waals surface area contributed by atoms with Crippen molar-refractivity contribution in [3.8, 4) is 5.75 Å². The standard InChI is InChI=1S/C21H25N3O5S/c1-16-3-9-20(10-4-16)30(27,28)24-13-11-23(12-14-24)21(26)15-29-19-7-5-18(6-8-19)22-17(2)25/h3-10H,11-15H2,1-2H3,(H,22,25). The number of nitrogens with zero attached hydrogens (tertiary/aromatic N) is 2. The molecule has 9 heteroatoms. The summed E-state index contributed by atoms with van der Waals surface area (Å²) in [4.78, 5) is 25.3. The van der Waals surface area contributed by atoms with Crippen LogP contribution in [0.2, 0.25) is 0 Å². The number of hydrogen-bond donors (Lipinski definition) is 1. The minimum Gasteiger partial charge on any atom is -0.484 e. The van der Waals surface area contributed by atoms with Gasteiger partial charge < -0.3 is 15.0 Å². The van der Waals surface area contributed by atoms with Gasteiger partial charge in [0, 0.05) is 38.8 Å². The van der Waals surface area contributed by atoms with Gasteiger partial charge in [0.15, 0.2) is 6.61 Å². The van der Waals surface area contributed by atoms with E-state index < -0.39 is 10.0 Å². The third kappa shape index (κ3) is 5.37. The summed E-state index contributed by atoms with van der Waals surface area (Å²) in [7, 11) is -3.56. The predicted octanol–water partition coefficient (Wildman–Crippen LogP) is 1.87. The normalized spacial score (nSPS) is 14.9. The highest BCUT2D eigenvalue weighted by Gasteiger charge is 2.30. The zero-order valence-electron chi connectivity index (χ0n) is 17.0. The summed E-state index contributed by atoms with van der Waals surface area (Å²) in [5.41, 5.74) is 1.64. The molecule has 8 nitrogen and oxygen atoms in total. The van der Waals surface area contributed by atoms with Gasteiger partial charge in [0.25, 0.3) is 5.91 Å². The third-order valence-corrected chi connectivity index (χ3v) is 6.70. The van der Waals surface area contributed by atoms with E-state index in [1.807, 2.05) is 6.92 Å². The zero-order valence-corrected chi connectivity index (χ0v) is 17.8. The van der Waals surface area contributed by atoms with Crippen LogP contribution in [0, 0.1) is 6.92 Å². The topological polar surface area (TPSA) is 96.0 Å². The number of carbonyl (C=O) groups excluding carboxylic acids is 2. The molecule has 0 radical (unpaired) electrons. The predicted molar refractivity (Wildman–Crippen MR) is 113 cm³/mol. The lowest BCUT2D eigenvalue weighted by Crippen LogP contribution is -2.51. The van der Waals surface area contributed by atoms with Gasteiger partial charge in [-0.2, -0.15) is 4.31 Å². The molecule has 1 saturated heterocycles. The molecular formula is C21H25N3O5S. The van der Waals surface area contributed by atoms with Crippen molar-refractivity contribution >= 4 is 27.5 Å². The molecule has 30 heavy (non-hydrogen) atoms. The second-order valence-corrected chi connectivity index (χ2v) is 9.03. The molecule has 1 heterocycles. The molecule has 2 amide bonds. The van der Waals surface area contributed by atoms with Crippen molar-refractivity contribution in [1.29, 1.82) is 0 Å².